The highest BCUT2D eigenvalue weighted by atomic mass is 19.1. The number of anilines is 1. The van der Waals surface area contributed by atoms with Crippen molar-refractivity contribution in [3.8, 4) is 0 Å². The number of unbranched alkanes of at least 4 members (excludes halogenated alkanes) is 1. The van der Waals surface area contributed by atoms with Gasteiger partial charge in [0.15, 0.2) is 0 Å². The van der Waals surface area contributed by atoms with Gasteiger partial charge in [0, 0.05) is 18.7 Å². The zero-order valence-corrected chi connectivity index (χ0v) is 14.7. The van der Waals surface area contributed by atoms with Gasteiger partial charge in [-0.15, -0.1) is 0 Å². The fourth-order valence-corrected chi connectivity index (χ4v) is 3.28. The summed E-state index contributed by atoms with van der Waals surface area (Å²) in [5.74, 6) is -0.329. The van der Waals surface area contributed by atoms with Crippen molar-refractivity contribution in [2.75, 3.05) is 11.4 Å². The maximum Gasteiger partial charge on any atom is 0.243 e. The molecule has 2 aromatic carbocycles. The van der Waals surface area contributed by atoms with Crippen LogP contribution in [0, 0.1) is 5.82 Å². The Balaban J connectivity index is 1.45. The van der Waals surface area contributed by atoms with E-state index in [0.29, 0.717) is 19.4 Å². The SMILES string of the molecule is O=C(NCCCCc1ccc(F)cc1)C1CCC(=O)N1c1ccccc1. The Morgan fingerprint density at radius 1 is 1.08 bits per heavy atom. The largest absolute Gasteiger partial charge is 0.354 e. The van der Waals surface area contributed by atoms with E-state index < -0.39 is 6.04 Å². The van der Waals surface area contributed by atoms with Gasteiger partial charge in [0.25, 0.3) is 0 Å². The number of benzene rings is 2. The van der Waals surface area contributed by atoms with E-state index in [1.165, 1.54) is 12.1 Å². The maximum absolute atomic E-state index is 12.9. The van der Waals surface area contributed by atoms with E-state index in [4.69, 9.17) is 0 Å². The van der Waals surface area contributed by atoms with E-state index in [1.54, 1.807) is 17.0 Å². The van der Waals surface area contributed by atoms with Crippen molar-refractivity contribution >= 4 is 17.5 Å². The summed E-state index contributed by atoms with van der Waals surface area (Å²) in [5, 5.41) is 2.95. The second-order valence-electron chi connectivity index (χ2n) is 6.53. The molecule has 1 N–H and O–H groups in total. The van der Waals surface area contributed by atoms with Gasteiger partial charge in [-0.25, -0.2) is 4.39 Å². The van der Waals surface area contributed by atoms with Crippen molar-refractivity contribution in [3.63, 3.8) is 0 Å². The molecule has 2 aromatic rings. The van der Waals surface area contributed by atoms with Gasteiger partial charge in [-0.05, 0) is 55.5 Å². The number of amides is 2. The van der Waals surface area contributed by atoms with Gasteiger partial charge in [0.2, 0.25) is 11.8 Å². The van der Waals surface area contributed by atoms with Crippen LogP contribution >= 0.6 is 0 Å². The number of para-hydroxylation sites is 1. The topological polar surface area (TPSA) is 49.4 Å². The third kappa shape index (κ3) is 4.48. The molecule has 0 saturated carbocycles. The third-order valence-electron chi connectivity index (χ3n) is 4.65. The fourth-order valence-electron chi connectivity index (χ4n) is 3.28. The van der Waals surface area contributed by atoms with Gasteiger partial charge in [0.05, 0.1) is 0 Å². The normalized spacial score (nSPS) is 16.7. The highest BCUT2D eigenvalue weighted by Gasteiger charge is 2.36. The summed E-state index contributed by atoms with van der Waals surface area (Å²) in [6, 6.07) is 15.4. The monoisotopic (exact) mass is 354 g/mol. The highest BCUT2D eigenvalue weighted by Crippen LogP contribution is 2.26. The summed E-state index contributed by atoms with van der Waals surface area (Å²) < 4.78 is 12.9. The Hall–Kier alpha value is -2.69. The minimum Gasteiger partial charge on any atom is -0.354 e. The molecule has 5 heteroatoms. The molecule has 0 spiro atoms. The summed E-state index contributed by atoms with van der Waals surface area (Å²) >= 11 is 0. The lowest BCUT2D eigenvalue weighted by atomic mass is 10.1. The van der Waals surface area contributed by atoms with Crippen LogP contribution in [0.1, 0.15) is 31.2 Å². The van der Waals surface area contributed by atoms with E-state index in [1.807, 2.05) is 30.3 Å². The first-order valence-electron chi connectivity index (χ1n) is 9.04. The summed E-state index contributed by atoms with van der Waals surface area (Å²) in [6.45, 7) is 0.577. The van der Waals surface area contributed by atoms with Crippen LogP contribution in [-0.4, -0.2) is 24.4 Å². The van der Waals surface area contributed by atoms with Crippen molar-refractivity contribution in [3.05, 3.63) is 66.0 Å². The quantitative estimate of drug-likeness (QED) is 0.774. The maximum atomic E-state index is 12.9. The van der Waals surface area contributed by atoms with Crippen LogP contribution in [0.15, 0.2) is 54.6 Å². The molecule has 1 atom stereocenters. The fraction of sp³-hybridized carbons (Fsp3) is 0.333. The number of nitrogens with one attached hydrogen (secondary N) is 1. The number of rotatable bonds is 7. The summed E-state index contributed by atoms with van der Waals surface area (Å²) in [4.78, 5) is 26.3. The number of halogens is 1. The minimum atomic E-state index is -0.429. The second kappa shape index (κ2) is 8.61. The van der Waals surface area contributed by atoms with E-state index in [2.05, 4.69) is 5.32 Å². The molecule has 1 aliphatic rings. The first-order chi connectivity index (χ1) is 12.6. The molecule has 0 aromatic heterocycles. The van der Waals surface area contributed by atoms with Gasteiger partial charge in [-0.1, -0.05) is 30.3 Å². The second-order valence-corrected chi connectivity index (χ2v) is 6.53. The number of carbonyl (C=O) groups is 2. The summed E-state index contributed by atoms with van der Waals surface area (Å²) in [6.07, 6.45) is 3.56. The molecule has 1 aliphatic heterocycles. The first kappa shape index (κ1) is 18.1. The molecule has 2 amide bonds. The molecular weight excluding hydrogens is 331 g/mol. The standard InChI is InChI=1S/C21H23FN2O2/c22-17-11-9-16(10-12-17)6-4-5-15-23-21(26)19-13-14-20(25)24(19)18-7-2-1-3-8-18/h1-3,7-12,19H,4-6,13-15H2,(H,23,26). The van der Waals surface area contributed by atoms with Gasteiger partial charge in [-0.3, -0.25) is 14.5 Å². The molecule has 0 radical (unpaired) electrons. The van der Waals surface area contributed by atoms with Crippen LogP contribution in [0.3, 0.4) is 0 Å². The minimum absolute atomic E-state index is 0.00680. The van der Waals surface area contributed by atoms with Crippen LogP contribution in [0.5, 0.6) is 0 Å². The highest BCUT2D eigenvalue weighted by molar-refractivity contribution is 6.03. The predicted molar refractivity (Wildman–Crippen MR) is 99.3 cm³/mol. The van der Waals surface area contributed by atoms with E-state index in [-0.39, 0.29) is 17.6 Å². The summed E-state index contributed by atoms with van der Waals surface area (Å²) in [5.41, 5.74) is 1.86. The lowest BCUT2D eigenvalue weighted by Gasteiger charge is -2.24. The molecule has 1 heterocycles. The van der Waals surface area contributed by atoms with Crippen molar-refractivity contribution in [2.24, 2.45) is 0 Å². The number of hydrogen-bond donors (Lipinski definition) is 1. The molecule has 0 aliphatic carbocycles. The Morgan fingerprint density at radius 2 is 1.81 bits per heavy atom. The van der Waals surface area contributed by atoms with E-state index >= 15 is 0 Å². The Kier molecular flexibility index (Phi) is 6.00. The average Bonchev–Trinajstić information content (AvgIpc) is 3.05. The van der Waals surface area contributed by atoms with Crippen molar-refractivity contribution in [1.82, 2.24) is 5.32 Å². The lowest BCUT2D eigenvalue weighted by molar-refractivity contribution is -0.123. The molecular formula is C21H23FN2O2. The zero-order valence-electron chi connectivity index (χ0n) is 14.7. The molecule has 1 saturated heterocycles. The van der Waals surface area contributed by atoms with E-state index in [9.17, 15) is 14.0 Å². The molecule has 3 rings (SSSR count). The molecule has 26 heavy (non-hydrogen) atoms. The van der Waals surface area contributed by atoms with Gasteiger partial charge in [0.1, 0.15) is 11.9 Å². The van der Waals surface area contributed by atoms with Crippen molar-refractivity contribution in [2.45, 2.75) is 38.1 Å². The molecule has 4 nitrogen and oxygen atoms in total. The molecule has 1 fully saturated rings. The third-order valence-corrected chi connectivity index (χ3v) is 4.65. The molecule has 136 valence electrons. The van der Waals surface area contributed by atoms with Gasteiger partial charge in [-0.2, -0.15) is 0 Å². The van der Waals surface area contributed by atoms with Crippen LogP contribution < -0.4 is 10.2 Å². The Morgan fingerprint density at radius 3 is 2.54 bits per heavy atom. The molecule has 1 unspecified atom stereocenters. The van der Waals surface area contributed by atoms with Crippen molar-refractivity contribution < 1.29 is 14.0 Å². The van der Waals surface area contributed by atoms with Crippen molar-refractivity contribution in [1.29, 1.82) is 0 Å². The smallest absolute Gasteiger partial charge is 0.243 e. The molecule has 0 bridgehead atoms. The Labute approximate surface area is 153 Å². The first-order valence-corrected chi connectivity index (χ1v) is 9.04. The van der Waals surface area contributed by atoms with Crippen LogP contribution in [0.2, 0.25) is 0 Å². The number of nitrogens with zero attached hydrogens (tertiary/aromatic N) is 1. The lowest BCUT2D eigenvalue weighted by Crippen LogP contribution is -2.45. The van der Waals surface area contributed by atoms with Gasteiger partial charge < -0.3 is 5.32 Å². The number of carbonyl (C=O) groups excluding carboxylic acids is 2. The Bertz CT molecular complexity index is 746. The van der Waals surface area contributed by atoms with E-state index in [0.717, 1.165) is 30.5 Å². The number of aryl methyl sites for hydroxylation is 1. The van der Waals surface area contributed by atoms with Crippen LogP contribution in [0.25, 0.3) is 0 Å². The van der Waals surface area contributed by atoms with Crippen LogP contribution in [-0.2, 0) is 16.0 Å². The van der Waals surface area contributed by atoms with Crippen LogP contribution in [0.4, 0.5) is 10.1 Å². The zero-order chi connectivity index (χ0) is 18.4. The predicted octanol–water partition coefficient (Wildman–Crippen LogP) is 3.46. The summed E-state index contributed by atoms with van der Waals surface area (Å²) in [7, 11) is 0. The average molecular weight is 354 g/mol. The number of hydrogen-bond acceptors (Lipinski definition) is 2. The van der Waals surface area contributed by atoms with Gasteiger partial charge >= 0.3 is 0 Å².